The van der Waals surface area contributed by atoms with Crippen LogP contribution < -0.4 is 14.8 Å². The average molecular weight is 346 g/mol. The van der Waals surface area contributed by atoms with E-state index >= 15 is 0 Å². The summed E-state index contributed by atoms with van der Waals surface area (Å²) in [6.07, 6.45) is 6.71. The number of piperidine rings is 1. The minimum atomic E-state index is 0.0483. The molecular formula is C20H30N2O3. The maximum atomic E-state index is 12.7. The molecule has 1 N–H and O–H groups in total. The van der Waals surface area contributed by atoms with Gasteiger partial charge in [-0.15, -0.1) is 0 Å². The minimum absolute atomic E-state index is 0.0483. The Morgan fingerprint density at radius 1 is 1.24 bits per heavy atom. The number of hydrogen-bond acceptors (Lipinski definition) is 3. The smallest absolute Gasteiger partial charge is 0.317 e. The molecule has 1 aromatic carbocycles. The lowest BCUT2D eigenvalue weighted by Gasteiger charge is -2.35. The van der Waals surface area contributed by atoms with Gasteiger partial charge in [0.25, 0.3) is 0 Å². The molecule has 5 nitrogen and oxygen atoms in total. The van der Waals surface area contributed by atoms with E-state index in [1.807, 2.05) is 17.0 Å². The third-order valence-corrected chi connectivity index (χ3v) is 5.79. The molecule has 0 bridgehead atoms. The Bertz CT molecular complexity index is 613. The van der Waals surface area contributed by atoms with E-state index in [0.29, 0.717) is 12.6 Å². The fraction of sp³-hybridized carbons (Fsp3) is 0.650. The van der Waals surface area contributed by atoms with Gasteiger partial charge >= 0.3 is 6.03 Å². The fourth-order valence-electron chi connectivity index (χ4n) is 3.92. The highest BCUT2D eigenvalue weighted by atomic mass is 16.5. The van der Waals surface area contributed by atoms with Gasteiger partial charge in [-0.05, 0) is 56.2 Å². The van der Waals surface area contributed by atoms with Crippen LogP contribution in [0.2, 0.25) is 0 Å². The van der Waals surface area contributed by atoms with E-state index in [2.05, 4.69) is 18.3 Å². The summed E-state index contributed by atoms with van der Waals surface area (Å²) in [6.45, 7) is 3.74. The Balaban J connectivity index is 1.65. The van der Waals surface area contributed by atoms with Gasteiger partial charge in [-0.25, -0.2) is 4.79 Å². The van der Waals surface area contributed by atoms with Crippen LogP contribution in [0.15, 0.2) is 18.2 Å². The zero-order valence-electron chi connectivity index (χ0n) is 15.6. The van der Waals surface area contributed by atoms with Gasteiger partial charge in [0.05, 0.1) is 14.2 Å². The number of benzene rings is 1. The summed E-state index contributed by atoms with van der Waals surface area (Å²) in [7, 11) is 3.30. The summed E-state index contributed by atoms with van der Waals surface area (Å²) < 4.78 is 10.8. The number of likely N-dealkylation sites (tertiary alicyclic amines) is 1. The minimum Gasteiger partial charge on any atom is -0.493 e. The number of amides is 2. The molecule has 1 saturated carbocycles. The lowest BCUT2D eigenvalue weighted by Crippen LogP contribution is -2.49. The molecule has 5 heteroatoms. The second kappa shape index (κ2) is 7.54. The molecule has 0 aromatic heterocycles. The second-order valence-corrected chi connectivity index (χ2v) is 7.26. The van der Waals surface area contributed by atoms with Crippen LogP contribution in [-0.4, -0.2) is 44.3 Å². The van der Waals surface area contributed by atoms with Crippen LogP contribution in [-0.2, 0) is 5.41 Å². The second-order valence-electron chi connectivity index (χ2n) is 7.26. The molecule has 2 amide bonds. The number of nitrogens with zero attached hydrogens (tertiary/aromatic N) is 1. The van der Waals surface area contributed by atoms with Gasteiger partial charge in [0, 0.05) is 24.5 Å². The van der Waals surface area contributed by atoms with Crippen molar-refractivity contribution in [2.24, 2.45) is 0 Å². The van der Waals surface area contributed by atoms with E-state index in [1.54, 1.807) is 14.2 Å². The first kappa shape index (κ1) is 17.9. The molecule has 0 radical (unpaired) electrons. The molecule has 0 spiro atoms. The summed E-state index contributed by atoms with van der Waals surface area (Å²) in [4.78, 5) is 14.7. The lowest BCUT2D eigenvalue weighted by atomic mass is 9.95. The van der Waals surface area contributed by atoms with Gasteiger partial charge in [-0.2, -0.15) is 0 Å². The van der Waals surface area contributed by atoms with E-state index in [9.17, 15) is 4.79 Å². The maximum Gasteiger partial charge on any atom is 0.317 e. The zero-order valence-corrected chi connectivity index (χ0v) is 15.6. The highest BCUT2D eigenvalue weighted by molar-refractivity contribution is 5.75. The van der Waals surface area contributed by atoms with Crippen LogP contribution >= 0.6 is 0 Å². The van der Waals surface area contributed by atoms with Gasteiger partial charge in [0.1, 0.15) is 0 Å². The van der Waals surface area contributed by atoms with Crippen molar-refractivity contribution in [1.29, 1.82) is 0 Å². The SMILES string of the molecule is CCC1CCCCN1C(=O)NCC1(c2ccc(OC)c(OC)c2)CC1. The predicted octanol–water partition coefficient (Wildman–Crippen LogP) is 3.71. The largest absolute Gasteiger partial charge is 0.493 e. The number of methoxy groups -OCH3 is 2. The van der Waals surface area contributed by atoms with Gasteiger partial charge in [-0.1, -0.05) is 13.0 Å². The van der Waals surface area contributed by atoms with Crippen LogP contribution in [0.3, 0.4) is 0 Å². The third-order valence-electron chi connectivity index (χ3n) is 5.79. The first-order chi connectivity index (χ1) is 12.1. The molecule has 2 fully saturated rings. The molecule has 1 aromatic rings. The number of nitrogens with one attached hydrogen (secondary N) is 1. The van der Waals surface area contributed by atoms with E-state index in [4.69, 9.17) is 9.47 Å². The standard InChI is InChI=1S/C20H30N2O3/c1-4-16-7-5-6-12-22(16)19(23)21-14-20(10-11-20)15-8-9-17(24-2)18(13-15)25-3/h8-9,13,16H,4-7,10-12,14H2,1-3H3,(H,21,23). The van der Waals surface area contributed by atoms with E-state index in [1.165, 1.54) is 12.0 Å². The van der Waals surface area contributed by atoms with Crippen molar-refractivity contribution < 1.29 is 14.3 Å². The average Bonchev–Trinajstić information content (AvgIpc) is 3.46. The van der Waals surface area contributed by atoms with Crippen molar-refractivity contribution in [2.75, 3.05) is 27.3 Å². The Hall–Kier alpha value is -1.91. The zero-order chi connectivity index (χ0) is 17.9. The van der Waals surface area contributed by atoms with Crippen molar-refractivity contribution in [3.63, 3.8) is 0 Å². The molecule has 3 rings (SSSR count). The Morgan fingerprint density at radius 2 is 2.00 bits per heavy atom. The quantitative estimate of drug-likeness (QED) is 0.854. The van der Waals surface area contributed by atoms with Crippen molar-refractivity contribution >= 4 is 6.03 Å². The topological polar surface area (TPSA) is 50.8 Å². The molecule has 1 saturated heterocycles. The van der Waals surface area contributed by atoms with Crippen LogP contribution in [0.5, 0.6) is 11.5 Å². The number of ether oxygens (including phenoxy) is 2. The molecule has 138 valence electrons. The summed E-state index contributed by atoms with van der Waals surface area (Å²) in [5.41, 5.74) is 1.27. The van der Waals surface area contributed by atoms with Crippen molar-refractivity contribution in [3.8, 4) is 11.5 Å². The number of urea groups is 1. The van der Waals surface area contributed by atoms with Gasteiger partial charge < -0.3 is 19.7 Å². The summed E-state index contributed by atoms with van der Waals surface area (Å²) in [5.74, 6) is 1.49. The van der Waals surface area contributed by atoms with Crippen LogP contribution in [0.1, 0.15) is 51.0 Å². The van der Waals surface area contributed by atoms with E-state index in [-0.39, 0.29) is 11.4 Å². The summed E-state index contributed by atoms with van der Waals surface area (Å²) in [5, 5.41) is 3.20. The van der Waals surface area contributed by atoms with E-state index in [0.717, 1.165) is 50.1 Å². The highest BCUT2D eigenvalue weighted by Gasteiger charge is 2.45. The number of rotatable bonds is 6. The molecule has 1 aliphatic carbocycles. The first-order valence-electron chi connectivity index (χ1n) is 9.40. The number of carbonyl (C=O) groups excluding carboxylic acids is 1. The van der Waals surface area contributed by atoms with Gasteiger partial charge in [-0.3, -0.25) is 0 Å². The molecule has 2 aliphatic rings. The van der Waals surface area contributed by atoms with Crippen LogP contribution in [0.4, 0.5) is 4.79 Å². The molecule has 1 atom stereocenters. The molecule has 1 heterocycles. The Morgan fingerprint density at radius 3 is 2.64 bits per heavy atom. The monoisotopic (exact) mass is 346 g/mol. The highest BCUT2D eigenvalue weighted by Crippen LogP contribution is 2.49. The molecule has 25 heavy (non-hydrogen) atoms. The molecule has 1 unspecified atom stereocenters. The van der Waals surface area contributed by atoms with Gasteiger partial charge in [0.2, 0.25) is 0 Å². The van der Waals surface area contributed by atoms with Crippen molar-refractivity contribution in [2.45, 2.75) is 56.9 Å². The van der Waals surface area contributed by atoms with Crippen molar-refractivity contribution in [1.82, 2.24) is 10.2 Å². The van der Waals surface area contributed by atoms with E-state index < -0.39 is 0 Å². The summed E-state index contributed by atoms with van der Waals surface area (Å²) in [6, 6.07) is 6.58. The maximum absolute atomic E-state index is 12.7. The number of carbonyl (C=O) groups is 1. The molecular weight excluding hydrogens is 316 g/mol. The molecule has 1 aliphatic heterocycles. The third kappa shape index (κ3) is 3.70. The predicted molar refractivity (Wildman–Crippen MR) is 98.5 cm³/mol. The Kier molecular flexibility index (Phi) is 5.40. The Labute approximate surface area is 150 Å². The summed E-state index contributed by atoms with van der Waals surface area (Å²) >= 11 is 0. The van der Waals surface area contributed by atoms with Crippen molar-refractivity contribution in [3.05, 3.63) is 23.8 Å². The number of hydrogen-bond donors (Lipinski definition) is 1. The normalized spacial score (nSPS) is 21.6. The van der Waals surface area contributed by atoms with Crippen LogP contribution in [0, 0.1) is 0 Å². The first-order valence-corrected chi connectivity index (χ1v) is 9.40. The fourth-order valence-corrected chi connectivity index (χ4v) is 3.92. The lowest BCUT2D eigenvalue weighted by molar-refractivity contribution is 0.148. The van der Waals surface area contributed by atoms with Gasteiger partial charge in [0.15, 0.2) is 11.5 Å². The van der Waals surface area contributed by atoms with Crippen LogP contribution in [0.25, 0.3) is 0 Å².